The Morgan fingerprint density at radius 1 is 1.29 bits per heavy atom. The summed E-state index contributed by atoms with van der Waals surface area (Å²) in [5, 5.41) is 6.25. The summed E-state index contributed by atoms with van der Waals surface area (Å²) in [4.78, 5) is 13.9. The van der Waals surface area contributed by atoms with Crippen molar-refractivity contribution in [2.45, 2.75) is 32.5 Å². The molecule has 2 aliphatic rings. The summed E-state index contributed by atoms with van der Waals surface area (Å²) >= 11 is 0. The first kappa shape index (κ1) is 13.7. The van der Waals surface area contributed by atoms with Crippen molar-refractivity contribution in [2.75, 3.05) is 4.90 Å². The molecule has 0 fully saturated rings. The highest BCUT2D eigenvalue weighted by molar-refractivity contribution is 5.96. The lowest BCUT2D eigenvalue weighted by Gasteiger charge is -2.29. The fourth-order valence-corrected chi connectivity index (χ4v) is 2.56. The molecule has 110 valence electrons. The zero-order valence-electron chi connectivity index (χ0n) is 12.3. The molecule has 0 saturated carbocycles. The molecule has 2 heterocycles. The van der Waals surface area contributed by atoms with Crippen LogP contribution in [0.4, 0.5) is 10.5 Å². The molecular weight excluding hydrogens is 264 g/mol. The minimum absolute atomic E-state index is 0.00829. The van der Waals surface area contributed by atoms with Crippen LogP contribution in [0.25, 0.3) is 0 Å². The van der Waals surface area contributed by atoms with Gasteiger partial charge in [0.1, 0.15) is 6.17 Å². The second kappa shape index (κ2) is 5.26. The van der Waals surface area contributed by atoms with Crippen LogP contribution in [0.1, 0.15) is 31.9 Å². The molecule has 1 aromatic carbocycles. The maximum atomic E-state index is 12.2. The summed E-state index contributed by atoms with van der Waals surface area (Å²) in [6, 6.07) is 7.61. The van der Waals surface area contributed by atoms with Crippen LogP contribution in [-0.2, 0) is 0 Å². The van der Waals surface area contributed by atoms with Gasteiger partial charge in [-0.1, -0.05) is 19.1 Å². The maximum absolute atomic E-state index is 12.2. The third kappa shape index (κ3) is 2.52. The standard InChI is InChI=1S/C16H20N4O/c1-3-13-8-12-9-20(16(21)19-15(12)18-13)14-6-4-11(5-7-14)10(2)17/h4-10,15,18H,3,17H2,1-2H3,(H,19,21). The minimum atomic E-state index is -0.129. The molecule has 2 atom stereocenters. The van der Waals surface area contributed by atoms with Crippen LogP contribution >= 0.6 is 0 Å². The van der Waals surface area contributed by atoms with Crippen molar-refractivity contribution in [3.63, 3.8) is 0 Å². The van der Waals surface area contributed by atoms with Crippen LogP contribution in [0.15, 0.2) is 47.8 Å². The van der Waals surface area contributed by atoms with Crippen LogP contribution in [0.2, 0.25) is 0 Å². The zero-order valence-corrected chi connectivity index (χ0v) is 12.3. The SMILES string of the molecule is CCC1=CC2=CN(c3ccc(C(C)N)cc3)C(=O)NC2N1. The van der Waals surface area contributed by atoms with Gasteiger partial charge < -0.3 is 16.4 Å². The predicted octanol–water partition coefficient (Wildman–Crippen LogP) is 2.34. The molecule has 0 saturated heterocycles. The van der Waals surface area contributed by atoms with E-state index in [9.17, 15) is 4.79 Å². The van der Waals surface area contributed by atoms with Gasteiger partial charge in [0.05, 0.1) is 5.69 Å². The predicted molar refractivity (Wildman–Crippen MR) is 83.4 cm³/mol. The largest absolute Gasteiger partial charge is 0.365 e. The molecule has 3 rings (SSSR count). The van der Waals surface area contributed by atoms with E-state index in [2.05, 4.69) is 23.6 Å². The number of hydrogen-bond donors (Lipinski definition) is 3. The van der Waals surface area contributed by atoms with Gasteiger partial charge in [0, 0.05) is 23.5 Å². The van der Waals surface area contributed by atoms with Gasteiger partial charge in [-0.05, 0) is 37.1 Å². The van der Waals surface area contributed by atoms with Gasteiger partial charge in [0.15, 0.2) is 0 Å². The number of nitrogens with zero attached hydrogens (tertiary/aromatic N) is 1. The first-order chi connectivity index (χ1) is 10.1. The van der Waals surface area contributed by atoms with Gasteiger partial charge in [-0.25, -0.2) is 4.79 Å². The normalized spacial score (nSPS) is 22.0. The molecule has 4 N–H and O–H groups in total. The molecule has 2 unspecified atom stereocenters. The van der Waals surface area contributed by atoms with Crippen LogP contribution in [-0.4, -0.2) is 12.2 Å². The highest BCUT2D eigenvalue weighted by Crippen LogP contribution is 2.25. The first-order valence-corrected chi connectivity index (χ1v) is 7.22. The second-order valence-corrected chi connectivity index (χ2v) is 5.43. The summed E-state index contributed by atoms with van der Waals surface area (Å²) in [6.45, 7) is 4.03. The third-order valence-electron chi connectivity index (χ3n) is 3.85. The maximum Gasteiger partial charge on any atom is 0.327 e. The van der Waals surface area contributed by atoms with E-state index in [-0.39, 0.29) is 18.2 Å². The van der Waals surface area contributed by atoms with Crippen molar-refractivity contribution in [2.24, 2.45) is 5.73 Å². The van der Waals surface area contributed by atoms with Crippen LogP contribution in [0, 0.1) is 0 Å². The van der Waals surface area contributed by atoms with E-state index in [0.29, 0.717) is 0 Å². The Kier molecular flexibility index (Phi) is 3.43. The Bertz CT molecular complexity index is 616. The van der Waals surface area contributed by atoms with Crippen molar-refractivity contribution >= 4 is 11.7 Å². The molecule has 5 heteroatoms. The highest BCUT2D eigenvalue weighted by Gasteiger charge is 2.30. The molecule has 0 aromatic heterocycles. The van der Waals surface area contributed by atoms with Gasteiger partial charge in [0.2, 0.25) is 0 Å². The molecule has 0 bridgehead atoms. The Morgan fingerprint density at radius 2 is 2.00 bits per heavy atom. The van der Waals surface area contributed by atoms with E-state index >= 15 is 0 Å². The Balaban J connectivity index is 1.89. The molecule has 2 amide bonds. The number of nitrogens with one attached hydrogen (secondary N) is 2. The van der Waals surface area contributed by atoms with Crippen molar-refractivity contribution in [3.8, 4) is 0 Å². The lowest BCUT2D eigenvalue weighted by molar-refractivity contribution is 0.243. The minimum Gasteiger partial charge on any atom is -0.365 e. The molecule has 0 radical (unpaired) electrons. The van der Waals surface area contributed by atoms with Gasteiger partial charge in [-0.15, -0.1) is 0 Å². The Morgan fingerprint density at radius 3 is 2.62 bits per heavy atom. The monoisotopic (exact) mass is 284 g/mol. The zero-order chi connectivity index (χ0) is 15.0. The van der Waals surface area contributed by atoms with Crippen molar-refractivity contribution in [1.82, 2.24) is 10.6 Å². The van der Waals surface area contributed by atoms with Gasteiger partial charge in [0.25, 0.3) is 0 Å². The first-order valence-electron chi connectivity index (χ1n) is 7.22. The van der Waals surface area contributed by atoms with Crippen LogP contribution in [0.5, 0.6) is 0 Å². The fourth-order valence-electron chi connectivity index (χ4n) is 2.56. The number of carbonyl (C=O) groups excluding carboxylic acids is 1. The second-order valence-electron chi connectivity index (χ2n) is 5.43. The number of allylic oxidation sites excluding steroid dienone is 1. The number of anilines is 1. The topological polar surface area (TPSA) is 70.4 Å². The van der Waals surface area contributed by atoms with E-state index in [1.165, 1.54) is 0 Å². The quantitative estimate of drug-likeness (QED) is 0.798. The van der Waals surface area contributed by atoms with Crippen LogP contribution in [0.3, 0.4) is 0 Å². The van der Waals surface area contributed by atoms with Crippen LogP contribution < -0.4 is 21.3 Å². The van der Waals surface area contributed by atoms with Crippen molar-refractivity contribution < 1.29 is 4.79 Å². The Labute approximate surface area is 124 Å². The average Bonchev–Trinajstić information content (AvgIpc) is 2.88. The number of urea groups is 1. The number of carbonyl (C=O) groups is 1. The summed E-state index contributed by atoms with van der Waals surface area (Å²) in [5.41, 5.74) is 9.95. The smallest absolute Gasteiger partial charge is 0.327 e. The average molecular weight is 284 g/mol. The molecule has 0 aliphatic carbocycles. The van der Waals surface area contributed by atoms with E-state index in [0.717, 1.165) is 28.9 Å². The number of benzene rings is 1. The van der Waals surface area contributed by atoms with Gasteiger partial charge in [-0.2, -0.15) is 0 Å². The van der Waals surface area contributed by atoms with Crippen molar-refractivity contribution in [1.29, 1.82) is 0 Å². The molecule has 0 spiro atoms. The van der Waals surface area contributed by atoms with E-state index in [1.807, 2.05) is 37.4 Å². The van der Waals surface area contributed by atoms with E-state index < -0.39 is 0 Å². The van der Waals surface area contributed by atoms with Gasteiger partial charge >= 0.3 is 6.03 Å². The fraction of sp³-hybridized carbons (Fsp3) is 0.312. The lowest BCUT2D eigenvalue weighted by Crippen LogP contribution is -2.51. The molecule has 2 aliphatic heterocycles. The third-order valence-corrected chi connectivity index (χ3v) is 3.85. The number of fused-ring (bicyclic) bond motifs is 1. The summed E-state index contributed by atoms with van der Waals surface area (Å²) < 4.78 is 0. The molecule has 5 nitrogen and oxygen atoms in total. The van der Waals surface area contributed by atoms with E-state index in [4.69, 9.17) is 5.73 Å². The number of hydrogen-bond acceptors (Lipinski definition) is 3. The number of nitrogens with two attached hydrogens (primary N) is 1. The number of amides is 2. The molecule has 21 heavy (non-hydrogen) atoms. The molecule has 1 aromatic rings. The highest BCUT2D eigenvalue weighted by atomic mass is 16.2. The summed E-state index contributed by atoms with van der Waals surface area (Å²) in [7, 11) is 0. The Hall–Kier alpha value is -2.27. The number of rotatable bonds is 3. The summed E-state index contributed by atoms with van der Waals surface area (Å²) in [6.07, 6.45) is 4.80. The van der Waals surface area contributed by atoms with Crippen molar-refractivity contribution in [3.05, 3.63) is 53.4 Å². The van der Waals surface area contributed by atoms with Gasteiger partial charge in [-0.3, -0.25) is 4.90 Å². The van der Waals surface area contributed by atoms with E-state index in [1.54, 1.807) is 4.90 Å². The molecular formula is C16H20N4O. The lowest BCUT2D eigenvalue weighted by atomic mass is 10.1. The summed E-state index contributed by atoms with van der Waals surface area (Å²) in [5.74, 6) is 0.